The zero-order valence-electron chi connectivity index (χ0n) is 19.3. The predicted molar refractivity (Wildman–Crippen MR) is 125 cm³/mol. The second-order valence-electron chi connectivity index (χ2n) is 8.14. The molecule has 0 aliphatic carbocycles. The molecule has 2 aromatic heterocycles. The molecule has 0 bridgehead atoms. The summed E-state index contributed by atoms with van der Waals surface area (Å²) in [5, 5.41) is 6.78. The Bertz CT molecular complexity index is 1440. The van der Waals surface area contributed by atoms with Gasteiger partial charge in [-0.05, 0) is 43.7 Å². The standard InChI is InChI=1S/C25H23F3N4O3/c1-15-4-8-18(9-5-15)32-24-23(16(2)30-32)20(25(26,27)28)12-22(34)31(24)14-21(33)29-13-17-6-10-19(35-3)11-7-17/h4-12H,13-14H2,1-3H3,(H,29,33). The first-order chi connectivity index (χ1) is 16.6. The number of fused-ring (bicyclic) bond motifs is 1. The highest BCUT2D eigenvalue weighted by atomic mass is 19.4. The van der Waals surface area contributed by atoms with Gasteiger partial charge in [0.1, 0.15) is 17.9 Å². The van der Waals surface area contributed by atoms with Crippen molar-refractivity contribution in [1.29, 1.82) is 0 Å². The highest BCUT2D eigenvalue weighted by Gasteiger charge is 2.36. The minimum atomic E-state index is -4.76. The van der Waals surface area contributed by atoms with Gasteiger partial charge in [0, 0.05) is 12.6 Å². The van der Waals surface area contributed by atoms with Crippen LogP contribution in [0.4, 0.5) is 13.2 Å². The van der Waals surface area contributed by atoms with Gasteiger partial charge in [0.05, 0.1) is 29.4 Å². The third-order valence-electron chi connectivity index (χ3n) is 5.63. The van der Waals surface area contributed by atoms with E-state index in [0.717, 1.165) is 15.7 Å². The number of methoxy groups -OCH3 is 1. The molecule has 1 amide bonds. The maximum absolute atomic E-state index is 13.8. The van der Waals surface area contributed by atoms with Crippen LogP contribution in [0.1, 0.15) is 22.4 Å². The topological polar surface area (TPSA) is 78.2 Å². The van der Waals surface area contributed by atoms with E-state index in [4.69, 9.17) is 4.74 Å². The van der Waals surface area contributed by atoms with Gasteiger partial charge in [-0.15, -0.1) is 0 Å². The van der Waals surface area contributed by atoms with Crippen molar-refractivity contribution in [2.75, 3.05) is 7.11 Å². The molecule has 2 heterocycles. The Morgan fingerprint density at radius 1 is 1.06 bits per heavy atom. The lowest BCUT2D eigenvalue weighted by Gasteiger charge is -2.15. The number of halogens is 3. The number of aromatic nitrogens is 3. The number of hydrogen-bond acceptors (Lipinski definition) is 4. The van der Waals surface area contributed by atoms with Crippen molar-refractivity contribution in [2.45, 2.75) is 33.1 Å². The molecule has 182 valence electrons. The van der Waals surface area contributed by atoms with Crippen LogP contribution >= 0.6 is 0 Å². The lowest BCUT2D eigenvalue weighted by atomic mass is 10.1. The third kappa shape index (κ3) is 4.91. The van der Waals surface area contributed by atoms with E-state index in [9.17, 15) is 22.8 Å². The van der Waals surface area contributed by atoms with Gasteiger partial charge in [0.25, 0.3) is 5.56 Å². The van der Waals surface area contributed by atoms with Gasteiger partial charge in [-0.1, -0.05) is 29.8 Å². The fourth-order valence-electron chi connectivity index (χ4n) is 3.84. The monoisotopic (exact) mass is 484 g/mol. The lowest BCUT2D eigenvalue weighted by Crippen LogP contribution is -2.33. The van der Waals surface area contributed by atoms with Crippen LogP contribution in [-0.4, -0.2) is 27.4 Å². The summed E-state index contributed by atoms with van der Waals surface area (Å²) in [5.74, 6) is 0.136. The van der Waals surface area contributed by atoms with Crippen molar-refractivity contribution >= 4 is 16.9 Å². The number of benzene rings is 2. The van der Waals surface area contributed by atoms with Crippen LogP contribution in [0.3, 0.4) is 0 Å². The largest absolute Gasteiger partial charge is 0.497 e. The maximum Gasteiger partial charge on any atom is 0.417 e. The second-order valence-corrected chi connectivity index (χ2v) is 8.14. The fraction of sp³-hybridized carbons (Fsp3) is 0.240. The molecule has 0 aliphatic heterocycles. The van der Waals surface area contributed by atoms with Crippen LogP contribution < -0.4 is 15.6 Å². The molecule has 0 spiro atoms. The molecule has 4 rings (SSSR count). The number of pyridine rings is 1. The van der Waals surface area contributed by atoms with Gasteiger partial charge in [0.2, 0.25) is 5.91 Å². The van der Waals surface area contributed by atoms with Gasteiger partial charge >= 0.3 is 6.18 Å². The molecule has 0 saturated heterocycles. The van der Waals surface area contributed by atoms with Crippen molar-refractivity contribution in [3.63, 3.8) is 0 Å². The minimum absolute atomic E-state index is 0.0919. The summed E-state index contributed by atoms with van der Waals surface area (Å²) in [7, 11) is 1.54. The number of ether oxygens (including phenoxy) is 1. The number of carbonyl (C=O) groups is 1. The Labute approximate surface area is 198 Å². The molecular weight excluding hydrogens is 461 g/mol. The number of rotatable bonds is 6. The molecule has 7 nitrogen and oxygen atoms in total. The Kier molecular flexibility index (Phi) is 6.38. The molecule has 0 radical (unpaired) electrons. The number of nitrogens with zero attached hydrogens (tertiary/aromatic N) is 3. The number of alkyl halides is 3. The smallest absolute Gasteiger partial charge is 0.417 e. The van der Waals surface area contributed by atoms with Crippen LogP contribution in [0.25, 0.3) is 16.7 Å². The van der Waals surface area contributed by atoms with Crippen molar-refractivity contribution in [3.05, 3.63) is 87.3 Å². The van der Waals surface area contributed by atoms with Gasteiger partial charge in [-0.2, -0.15) is 18.3 Å². The van der Waals surface area contributed by atoms with Crippen LogP contribution in [0.15, 0.2) is 59.4 Å². The first-order valence-corrected chi connectivity index (χ1v) is 10.8. The normalized spacial score (nSPS) is 11.6. The summed E-state index contributed by atoms with van der Waals surface area (Å²) >= 11 is 0. The van der Waals surface area contributed by atoms with Gasteiger partial charge in [-0.25, -0.2) is 4.68 Å². The average molecular weight is 484 g/mol. The number of aryl methyl sites for hydroxylation is 2. The molecule has 0 fully saturated rings. The number of nitrogens with one attached hydrogen (secondary N) is 1. The molecule has 35 heavy (non-hydrogen) atoms. The van der Waals surface area contributed by atoms with Gasteiger partial charge < -0.3 is 10.1 Å². The van der Waals surface area contributed by atoms with Crippen LogP contribution in [0.2, 0.25) is 0 Å². The molecule has 0 saturated carbocycles. The molecule has 0 atom stereocenters. The first kappa shape index (κ1) is 24.1. The summed E-state index contributed by atoms with van der Waals surface area (Å²) in [6, 6.07) is 14.5. The highest BCUT2D eigenvalue weighted by molar-refractivity contribution is 5.86. The summed E-state index contributed by atoms with van der Waals surface area (Å²) in [4.78, 5) is 25.6. The molecule has 10 heteroatoms. The fourth-order valence-corrected chi connectivity index (χ4v) is 3.84. The van der Waals surface area contributed by atoms with Crippen LogP contribution in [0, 0.1) is 13.8 Å². The summed E-state index contributed by atoms with van der Waals surface area (Å²) in [6.45, 7) is 3.03. The Morgan fingerprint density at radius 3 is 2.31 bits per heavy atom. The Morgan fingerprint density at radius 2 is 1.71 bits per heavy atom. The SMILES string of the molecule is COc1ccc(CNC(=O)Cn2c(=O)cc(C(F)(F)F)c3c(C)nn(-c4ccc(C)cc4)c32)cc1. The maximum atomic E-state index is 13.8. The van der Waals surface area contributed by atoms with Crippen molar-refractivity contribution in [3.8, 4) is 11.4 Å². The van der Waals surface area contributed by atoms with E-state index in [-0.39, 0.29) is 23.3 Å². The summed E-state index contributed by atoms with van der Waals surface area (Å²) in [5.41, 5.74) is 0.199. The molecular formula is C25H23F3N4O3. The van der Waals surface area contributed by atoms with Crippen LogP contribution in [-0.2, 0) is 24.1 Å². The molecule has 0 unspecified atom stereocenters. The molecule has 4 aromatic rings. The Balaban J connectivity index is 1.76. The van der Waals surface area contributed by atoms with Crippen molar-refractivity contribution in [2.24, 2.45) is 0 Å². The van der Waals surface area contributed by atoms with Crippen molar-refractivity contribution < 1.29 is 22.7 Å². The third-order valence-corrected chi connectivity index (χ3v) is 5.63. The highest BCUT2D eigenvalue weighted by Crippen LogP contribution is 2.36. The summed E-state index contributed by atoms with van der Waals surface area (Å²) < 4.78 is 48.9. The average Bonchev–Trinajstić information content (AvgIpc) is 3.16. The second kappa shape index (κ2) is 9.28. The Hall–Kier alpha value is -4.08. The predicted octanol–water partition coefficient (Wildman–Crippen LogP) is 4.15. The lowest BCUT2D eigenvalue weighted by molar-refractivity contribution is -0.136. The van der Waals surface area contributed by atoms with Crippen LogP contribution in [0.5, 0.6) is 5.75 Å². The minimum Gasteiger partial charge on any atom is -0.497 e. The van der Waals surface area contributed by atoms with E-state index in [1.165, 1.54) is 11.6 Å². The molecule has 1 N–H and O–H groups in total. The van der Waals surface area contributed by atoms with E-state index >= 15 is 0 Å². The summed E-state index contributed by atoms with van der Waals surface area (Å²) in [6.07, 6.45) is -4.76. The zero-order valence-corrected chi connectivity index (χ0v) is 19.3. The van der Waals surface area contributed by atoms with Crippen molar-refractivity contribution in [1.82, 2.24) is 19.7 Å². The molecule has 2 aromatic carbocycles. The van der Waals surface area contributed by atoms with Gasteiger partial charge in [0.15, 0.2) is 0 Å². The van der Waals surface area contributed by atoms with E-state index in [2.05, 4.69) is 10.4 Å². The van der Waals surface area contributed by atoms with Gasteiger partial charge in [-0.3, -0.25) is 14.2 Å². The zero-order chi connectivity index (χ0) is 25.3. The molecule has 0 aliphatic rings. The number of amides is 1. The number of hydrogen-bond donors (Lipinski definition) is 1. The van der Waals surface area contributed by atoms with E-state index < -0.39 is 29.8 Å². The number of carbonyl (C=O) groups excluding carboxylic acids is 1. The van der Waals surface area contributed by atoms with E-state index in [0.29, 0.717) is 17.5 Å². The van der Waals surface area contributed by atoms with E-state index in [1.807, 2.05) is 6.92 Å². The first-order valence-electron chi connectivity index (χ1n) is 10.8. The quantitative estimate of drug-likeness (QED) is 0.446. The van der Waals surface area contributed by atoms with E-state index in [1.54, 1.807) is 55.6 Å².